The van der Waals surface area contributed by atoms with E-state index in [0.717, 1.165) is 18.4 Å². The number of carbonyl (C=O) groups excluding carboxylic acids is 1. The van der Waals surface area contributed by atoms with Crippen molar-refractivity contribution in [2.24, 2.45) is 0 Å². The van der Waals surface area contributed by atoms with Crippen LogP contribution in [0.1, 0.15) is 54.5 Å². The van der Waals surface area contributed by atoms with Gasteiger partial charge in [-0.1, -0.05) is 31.2 Å². The minimum absolute atomic E-state index is 0.0229. The minimum Gasteiger partial charge on any atom is -0.493 e. The van der Waals surface area contributed by atoms with Crippen LogP contribution in [-0.2, 0) is 17.6 Å². The van der Waals surface area contributed by atoms with E-state index in [1.807, 2.05) is 18.2 Å². The van der Waals surface area contributed by atoms with Gasteiger partial charge < -0.3 is 14.8 Å². The Morgan fingerprint density at radius 3 is 2.50 bits per heavy atom. The fourth-order valence-electron chi connectivity index (χ4n) is 3.74. The lowest BCUT2D eigenvalue weighted by atomic mass is 9.89. The second-order valence-electron chi connectivity index (χ2n) is 7.15. The summed E-state index contributed by atoms with van der Waals surface area (Å²) in [5.41, 5.74) is 4.98. The number of ether oxygens (including phenoxy) is 2. The van der Waals surface area contributed by atoms with Gasteiger partial charge in [0.25, 0.3) is 0 Å². The lowest BCUT2D eigenvalue weighted by molar-refractivity contribution is -0.117. The molecule has 3 rings (SSSR count). The summed E-state index contributed by atoms with van der Waals surface area (Å²) >= 11 is 0. The van der Waals surface area contributed by atoms with Crippen LogP contribution in [0.5, 0.6) is 11.5 Å². The van der Waals surface area contributed by atoms with Gasteiger partial charge in [0.2, 0.25) is 5.91 Å². The maximum atomic E-state index is 12.5. The Kier molecular flexibility index (Phi) is 6.75. The van der Waals surface area contributed by atoms with Crippen LogP contribution in [0, 0.1) is 0 Å². The van der Waals surface area contributed by atoms with E-state index in [-0.39, 0.29) is 11.9 Å². The van der Waals surface area contributed by atoms with Gasteiger partial charge in [0.15, 0.2) is 11.5 Å². The van der Waals surface area contributed by atoms with Crippen molar-refractivity contribution in [3.8, 4) is 11.5 Å². The van der Waals surface area contributed by atoms with Crippen molar-refractivity contribution in [1.29, 1.82) is 0 Å². The number of carbonyl (C=O) groups is 1. The topological polar surface area (TPSA) is 47.6 Å². The quantitative estimate of drug-likeness (QED) is 0.699. The van der Waals surface area contributed by atoms with Crippen LogP contribution in [0.25, 0.3) is 6.08 Å². The van der Waals surface area contributed by atoms with Crippen molar-refractivity contribution in [1.82, 2.24) is 5.32 Å². The highest BCUT2D eigenvalue weighted by Gasteiger charge is 2.15. The summed E-state index contributed by atoms with van der Waals surface area (Å²) in [7, 11) is 3.20. The molecule has 1 N–H and O–H groups in total. The third-order valence-corrected chi connectivity index (χ3v) is 5.33. The number of aryl methyl sites for hydroxylation is 2. The molecule has 0 radical (unpaired) electrons. The predicted molar refractivity (Wildman–Crippen MR) is 113 cm³/mol. The fraction of sp³-hybridized carbons (Fsp3) is 0.375. The number of rotatable bonds is 7. The van der Waals surface area contributed by atoms with E-state index >= 15 is 0 Å². The highest BCUT2D eigenvalue weighted by molar-refractivity contribution is 5.92. The first-order chi connectivity index (χ1) is 13.6. The van der Waals surface area contributed by atoms with Crippen molar-refractivity contribution in [2.45, 2.75) is 45.1 Å². The zero-order chi connectivity index (χ0) is 19.9. The number of nitrogens with one attached hydrogen (secondary N) is 1. The molecule has 1 aliphatic rings. The van der Waals surface area contributed by atoms with Gasteiger partial charge in [-0.05, 0) is 72.6 Å². The number of hydrogen-bond donors (Lipinski definition) is 1. The summed E-state index contributed by atoms with van der Waals surface area (Å²) in [5.74, 6) is 1.22. The number of benzene rings is 2. The molecule has 0 fully saturated rings. The molecule has 28 heavy (non-hydrogen) atoms. The molecule has 0 saturated heterocycles. The average Bonchev–Trinajstić information content (AvgIpc) is 2.75. The van der Waals surface area contributed by atoms with E-state index in [2.05, 4.69) is 30.4 Å². The van der Waals surface area contributed by atoms with Crippen LogP contribution in [0.15, 0.2) is 42.5 Å². The summed E-state index contributed by atoms with van der Waals surface area (Å²) in [5, 5.41) is 3.13. The van der Waals surface area contributed by atoms with Gasteiger partial charge in [-0.15, -0.1) is 0 Å². The molecule has 1 amide bonds. The molecule has 0 aromatic heterocycles. The summed E-state index contributed by atoms with van der Waals surface area (Å²) in [4.78, 5) is 12.5. The Bertz CT molecular complexity index is 857. The molecular formula is C24H29NO3. The van der Waals surface area contributed by atoms with E-state index in [1.165, 1.54) is 36.0 Å². The highest BCUT2D eigenvalue weighted by atomic mass is 16.5. The molecule has 0 saturated carbocycles. The summed E-state index contributed by atoms with van der Waals surface area (Å²) in [6, 6.07) is 12.3. The van der Waals surface area contributed by atoms with Gasteiger partial charge in [-0.2, -0.15) is 0 Å². The molecule has 4 nitrogen and oxygen atoms in total. The van der Waals surface area contributed by atoms with Gasteiger partial charge >= 0.3 is 0 Å². The van der Waals surface area contributed by atoms with Crippen molar-refractivity contribution in [3.63, 3.8) is 0 Å². The lowest BCUT2D eigenvalue weighted by Gasteiger charge is -2.21. The molecule has 2 aromatic carbocycles. The summed E-state index contributed by atoms with van der Waals surface area (Å²) in [6.07, 6.45) is 9.07. The smallest absolute Gasteiger partial charge is 0.244 e. The van der Waals surface area contributed by atoms with E-state index in [4.69, 9.17) is 9.47 Å². The first kappa shape index (κ1) is 20.0. The van der Waals surface area contributed by atoms with Gasteiger partial charge in [0, 0.05) is 6.08 Å². The molecule has 1 atom stereocenters. The van der Waals surface area contributed by atoms with Gasteiger partial charge in [0.1, 0.15) is 0 Å². The fourth-order valence-corrected chi connectivity index (χ4v) is 3.74. The first-order valence-corrected chi connectivity index (χ1v) is 9.97. The molecule has 4 heteroatoms. The summed E-state index contributed by atoms with van der Waals surface area (Å²) < 4.78 is 10.6. The Morgan fingerprint density at radius 1 is 1.04 bits per heavy atom. The third-order valence-electron chi connectivity index (χ3n) is 5.33. The molecule has 1 aliphatic carbocycles. The average molecular weight is 380 g/mol. The summed E-state index contributed by atoms with van der Waals surface area (Å²) in [6.45, 7) is 2.10. The first-order valence-electron chi connectivity index (χ1n) is 9.97. The Labute approximate surface area is 167 Å². The second kappa shape index (κ2) is 9.45. The molecule has 0 spiro atoms. The molecular weight excluding hydrogens is 350 g/mol. The third kappa shape index (κ3) is 4.75. The second-order valence-corrected chi connectivity index (χ2v) is 7.15. The van der Waals surface area contributed by atoms with E-state index < -0.39 is 0 Å². The standard InChI is InChI=1S/C24H29NO3/c1-4-21(20-12-11-18-7-5-6-8-19(18)16-20)25-24(26)14-10-17-9-13-22(27-2)23(15-17)28-3/h9-16,21H,4-8H2,1-3H3,(H,25,26)/b14-10+/t21-/m1/s1. The number of amides is 1. The predicted octanol–water partition coefficient (Wildman–Crippen LogP) is 4.86. The largest absolute Gasteiger partial charge is 0.493 e. The van der Waals surface area contributed by atoms with Crippen molar-refractivity contribution >= 4 is 12.0 Å². The van der Waals surface area contributed by atoms with Gasteiger partial charge in [-0.25, -0.2) is 0 Å². The minimum atomic E-state index is -0.0978. The zero-order valence-corrected chi connectivity index (χ0v) is 17.0. The van der Waals surface area contributed by atoms with Crippen LogP contribution >= 0.6 is 0 Å². The maximum absolute atomic E-state index is 12.5. The van der Waals surface area contributed by atoms with Crippen molar-refractivity contribution in [3.05, 3.63) is 64.7 Å². The normalized spacial score (nSPS) is 14.4. The van der Waals surface area contributed by atoms with Crippen LogP contribution in [0.3, 0.4) is 0 Å². The van der Waals surface area contributed by atoms with Crippen LogP contribution in [-0.4, -0.2) is 20.1 Å². The molecule has 0 aliphatic heterocycles. The number of fused-ring (bicyclic) bond motifs is 1. The lowest BCUT2D eigenvalue weighted by Crippen LogP contribution is -2.26. The van der Waals surface area contributed by atoms with Gasteiger partial charge in [-0.3, -0.25) is 4.79 Å². The Hall–Kier alpha value is -2.75. The van der Waals surface area contributed by atoms with E-state index in [1.54, 1.807) is 26.4 Å². The molecule has 148 valence electrons. The van der Waals surface area contributed by atoms with Crippen LogP contribution < -0.4 is 14.8 Å². The monoisotopic (exact) mass is 379 g/mol. The number of hydrogen-bond acceptors (Lipinski definition) is 3. The molecule has 0 heterocycles. The van der Waals surface area contributed by atoms with Crippen molar-refractivity contribution < 1.29 is 14.3 Å². The van der Waals surface area contributed by atoms with Crippen LogP contribution in [0.2, 0.25) is 0 Å². The number of methoxy groups -OCH3 is 2. The SMILES string of the molecule is CC[C@@H](NC(=O)/C=C/c1ccc(OC)c(OC)c1)c1ccc2c(c1)CCCC2. The Morgan fingerprint density at radius 2 is 1.79 bits per heavy atom. The highest BCUT2D eigenvalue weighted by Crippen LogP contribution is 2.28. The Balaban J connectivity index is 1.68. The van der Waals surface area contributed by atoms with Gasteiger partial charge in [0.05, 0.1) is 20.3 Å². The van der Waals surface area contributed by atoms with Crippen LogP contribution in [0.4, 0.5) is 0 Å². The van der Waals surface area contributed by atoms with E-state index in [9.17, 15) is 4.79 Å². The maximum Gasteiger partial charge on any atom is 0.244 e. The molecule has 2 aromatic rings. The zero-order valence-electron chi connectivity index (χ0n) is 17.0. The van der Waals surface area contributed by atoms with E-state index in [0.29, 0.717) is 11.5 Å². The molecule has 0 bridgehead atoms. The molecule has 0 unspecified atom stereocenters. The van der Waals surface area contributed by atoms with Crippen molar-refractivity contribution in [2.75, 3.05) is 14.2 Å².